The SMILES string of the molecule is CN(C)CCOc1cccc(CCC(=O)Cl)c1. The maximum Gasteiger partial charge on any atom is 0.221 e. The van der Waals surface area contributed by atoms with Crippen molar-refractivity contribution in [2.75, 3.05) is 27.2 Å². The van der Waals surface area contributed by atoms with Crippen molar-refractivity contribution in [2.45, 2.75) is 12.8 Å². The molecule has 1 aromatic carbocycles. The van der Waals surface area contributed by atoms with E-state index in [-0.39, 0.29) is 5.24 Å². The van der Waals surface area contributed by atoms with Crippen LogP contribution in [0, 0.1) is 0 Å². The van der Waals surface area contributed by atoms with Crippen LogP contribution in [-0.4, -0.2) is 37.4 Å². The van der Waals surface area contributed by atoms with Gasteiger partial charge in [0, 0.05) is 13.0 Å². The Labute approximate surface area is 107 Å². The largest absolute Gasteiger partial charge is 0.492 e. The Balaban J connectivity index is 2.45. The van der Waals surface area contributed by atoms with Gasteiger partial charge >= 0.3 is 0 Å². The number of hydrogen-bond donors (Lipinski definition) is 0. The van der Waals surface area contributed by atoms with E-state index < -0.39 is 0 Å². The maximum atomic E-state index is 10.7. The summed E-state index contributed by atoms with van der Waals surface area (Å²) in [6, 6.07) is 7.77. The predicted octanol–water partition coefficient (Wildman–Crippen LogP) is 2.33. The summed E-state index contributed by atoms with van der Waals surface area (Å²) in [5.41, 5.74) is 1.07. The van der Waals surface area contributed by atoms with Crippen molar-refractivity contribution in [3.05, 3.63) is 29.8 Å². The Bertz CT molecular complexity index is 366. The third kappa shape index (κ3) is 6.29. The van der Waals surface area contributed by atoms with E-state index in [9.17, 15) is 4.79 Å². The van der Waals surface area contributed by atoms with Gasteiger partial charge in [-0.05, 0) is 49.8 Å². The average Bonchev–Trinajstić information content (AvgIpc) is 2.26. The molecule has 3 nitrogen and oxygen atoms in total. The molecular formula is C13H18ClNO2. The van der Waals surface area contributed by atoms with Crippen LogP contribution in [0.2, 0.25) is 0 Å². The molecule has 0 aliphatic carbocycles. The molecule has 1 rings (SSSR count). The molecule has 0 atom stereocenters. The molecule has 94 valence electrons. The van der Waals surface area contributed by atoms with Crippen LogP contribution in [0.3, 0.4) is 0 Å². The van der Waals surface area contributed by atoms with Crippen LogP contribution in [0.4, 0.5) is 0 Å². The van der Waals surface area contributed by atoms with E-state index in [1.54, 1.807) is 0 Å². The van der Waals surface area contributed by atoms with E-state index in [1.807, 2.05) is 38.4 Å². The second-order valence-corrected chi connectivity index (χ2v) is 4.58. The molecule has 1 aromatic rings. The van der Waals surface area contributed by atoms with Crippen molar-refractivity contribution in [3.8, 4) is 5.75 Å². The zero-order valence-corrected chi connectivity index (χ0v) is 11.0. The minimum absolute atomic E-state index is 0.302. The van der Waals surface area contributed by atoms with E-state index in [0.29, 0.717) is 19.4 Å². The molecule has 0 aliphatic rings. The van der Waals surface area contributed by atoms with E-state index in [2.05, 4.69) is 4.90 Å². The Hall–Kier alpha value is -1.06. The third-order valence-electron chi connectivity index (χ3n) is 2.32. The standard InChI is InChI=1S/C13H18ClNO2/c1-15(2)8-9-17-12-5-3-4-11(10-12)6-7-13(14)16/h3-5,10H,6-9H2,1-2H3. The number of aryl methyl sites for hydroxylation is 1. The lowest BCUT2D eigenvalue weighted by atomic mass is 10.1. The van der Waals surface area contributed by atoms with Gasteiger partial charge in [0.25, 0.3) is 0 Å². The van der Waals surface area contributed by atoms with Gasteiger partial charge in [-0.2, -0.15) is 0 Å². The fourth-order valence-corrected chi connectivity index (χ4v) is 1.47. The van der Waals surface area contributed by atoms with Crippen molar-refractivity contribution < 1.29 is 9.53 Å². The first-order valence-electron chi connectivity index (χ1n) is 5.63. The summed E-state index contributed by atoms with van der Waals surface area (Å²) in [5.74, 6) is 0.839. The van der Waals surface area contributed by atoms with Gasteiger partial charge in [-0.3, -0.25) is 4.79 Å². The topological polar surface area (TPSA) is 29.5 Å². The summed E-state index contributed by atoms with van der Waals surface area (Å²) in [4.78, 5) is 12.7. The maximum absolute atomic E-state index is 10.7. The van der Waals surface area contributed by atoms with Crippen LogP contribution in [-0.2, 0) is 11.2 Å². The number of carbonyl (C=O) groups excluding carboxylic acids is 1. The van der Waals surface area contributed by atoms with E-state index in [4.69, 9.17) is 16.3 Å². The number of likely N-dealkylation sites (N-methyl/N-ethyl adjacent to an activating group) is 1. The smallest absolute Gasteiger partial charge is 0.221 e. The monoisotopic (exact) mass is 255 g/mol. The van der Waals surface area contributed by atoms with Gasteiger partial charge < -0.3 is 9.64 Å². The number of ether oxygens (including phenoxy) is 1. The average molecular weight is 256 g/mol. The normalized spacial score (nSPS) is 10.6. The van der Waals surface area contributed by atoms with Gasteiger partial charge in [-0.1, -0.05) is 12.1 Å². The fourth-order valence-electron chi connectivity index (χ4n) is 1.38. The number of benzene rings is 1. The van der Waals surface area contributed by atoms with Crippen LogP contribution in [0.5, 0.6) is 5.75 Å². The molecule has 0 unspecified atom stereocenters. The molecule has 0 heterocycles. The Kier molecular flexibility index (Phi) is 6.01. The molecule has 0 N–H and O–H groups in total. The highest BCUT2D eigenvalue weighted by Crippen LogP contribution is 2.15. The van der Waals surface area contributed by atoms with Gasteiger partial charge in [-0.15, -0.1) is 0 Å². The second-order valence-electron chi connectivity index (χ2n) is 4.15. The van der Waals surface area contributed by atoms with Crippen LogP contribution >= 0.6 is 11.6 Å². The van der Waals surface area contributed by atoms with E-state index in [0.717, 1.165) is 17.9 Å². The quantitative estimate of drug-likeness (QED) is 0.701. The summed E-state index contributed by atoms with van der Waals surface area (Å²) in [6.45, 7) is 1.54. The number of halogens is 1. The second kappa shape index (κ2) is 7.30. The van der Waals surface area contributed by atoms with Gasteiger partial charge in [0.2, 0.25) is 5.24 Å². The number of hydrogen-bond acceptors (Lipinski definition) is 3. The Morgan fingerprint density at radius 1 is 1.41 bits per heavy atom. The van der Waals surface area contributed by atoms with E-state index in [1.165, 1.54) is 0 Å². The first kappa shape index (κ1) is 14.0. The molecule has 0 radical (unpaired) electrons. The van der Waals surface area contributed by atoms with Crippen LogP contribution in [0.15, 0.2) is 24.3 Å². The molecule has 0 aliphatic heterocycles. The molecular weight excluding hydrogens is 238 g/mol. The third-order valence-corrected chi connectivity index (χ3v) is 2.50. The summed E-state index contributed by atoms with van der Waals surface area (Å²) >= 11 is 5.31. The molecule has 0 spiro atoms. The van der Waals surface area contributed by atoms with Crippen LogP contribution in [0.25, 0.3) is 0 Å². The van der Waals surface area contributed by atoms with Crippen molar-refractivity contribution in [1.82, 2.24) is 4.90 Å². The molecule has 0 aromatic heterocycles. The highest BCUT2D eigenvalue weighted by atomic mass is 35.5. The van der Waals surface area contributed by atoms with Crippen molar-refractivity contribution in [2.24, 2.45) is 0 Å². The lowest BCUT2D eigenvalue weighted by Gasteiger charge is -2.11. The van der Waals surface area contributed by atoms with E-state index >= 15 is 0 Å². The fraction of sp³-hybridized carbons (Fsp3) is 0.462. The molecule has 0 fully saturated rings. The summed E-state index contributed by atoms with van der Waals surface area (Å²) < 4.78 is 5.60. The predicted molar refractivity (Wildman–Crippen MR) is 69.7 cm³/mol. The van der Waals surface area contributed by atoms with Gasteiger partial charge in [-0.25, -0.2) is 0 Å². The van der Waals surface area contributed by atoms with Crippen LogP contribution < -0.4 is 4.74 Å². The van der Waals surface area contributed by atoms with Gasteiger partial charge in [0.1, 0.15) is 12.4 Å². The molecule has 4 heteroatoms. The number of rotatable bonds is 7. The minimum Gasteiger partial charge on any atom is -0.492 e. The zero-order valence-electron chi connectivity index (χ0n) is 10.3. The number of carbonyl (C=O) groups is 1. The van der Waals surface area contributed by atoms with Gasteiger partial charge in [0.05, 0.1) is 0 Å². The number of nitrogens with zero attached hydrogens (tertiary/aromatic N) is 1. The first-order valence-corrected chi connectivity index (χ1v) is 6.00. The summed E-state index contributed by atoms with van der Waals surface area (Å²) in [7, 11) is 4.01. The molecule has 0 saturated heterocycles. The Morgan fingerprint density at radius 3 is 2.82 bits per heavy atom. The lowest BCUT2D eigenvalue weighted by molar-refractivity contribution is -0.111. The Morgan fingerprint density at radius 2 is 2.18 bits per heavy atom. The highest BCUT2D eigenvalue weighted by molar-refractivity contribution is 6.63. The summed E-state index contributed by atoms with van der Waals surface area (Å²) in [5, 5.41) is -0.302. The zero-order chi connectivity index (χ0) is 12.7. The highest BCUT2D eigenvalue weighted by Gasteiger charge is 2.01. The van der Waals surface area contributed by atoms with Crippen molar-refractivity contribution >= 4 is 16.8 Å². The molecule has 0 bridgehead atoms. The summed E-state index contributed by atoms with van der Waals surface area (Å²) in [6.07, 6.45) is 1.02. The van der Waals surface area contributed by atoms with Gasteiger partial charge in [0.15, 0.2) is 0 Å². The lowest BCUT2D eigenvalue weighted by Crippen LogP contribution is -2.19. The minimum atomic E-state index is -0.302. The van der Waals surface area contributed by atoms with Crippen molar-refractivity contribution in [1.29, 1.82) is 0 Å². The molecule has 17 heavy (non-hydrogen) atoms. The molecule has 0 amide bonds. The molecule has 0 saturated carbocycles. The van der Waals surface area contributed by atoms with Crippen LogP contribution in [0.1, 0.15) is 12.0 Å². The van der Waals surface area contributed by atoms with Crippen molar-refractivity contribution in [3.63, 3.8) is 0 Å². The first-order chi connectivity index (χ1) is 8.08.